The average molecular weight is 469 g/mol. The molecular formula is C25H28N2O5S. The molecule has 0 heterocycles. The minimum absolute atomic E-state index is 0.163. The van der Waals surface area contributed by atoms with Gasteiger partial charge in [-0.15, -0.1) is 0 Å². The van der Waals surface area contributed by atoms with E-state index in [1.165, 1.54) is 7.11 Å². The van der Waals surface area contributed by atoms with Gasteiger partial charge in [0.15, 0.2) is 0 Å². The van der Waals surface area contributed by atoms with Crippen LogP contribution in [0.15, 0.2) is 71.6 Å². The van der Waals surface area contributed by atoms with E-state index in [0.717, 1.165) is 15.4 Å². The van der Waals surface area contributed by atoms with E-state index in [4.69, 9.17) is 9.47 Å². The zero-order chi connectivity index (χ0) is 24.0. The van der Waals surface area contributed by atoms with Gasteiger partial charge in [0, 0.05) is 12.1 Å². The maximum absolute atomic E-state index is 13.7. The van der Waals surface area contributed by atoms with Crippen LogP contribution in [0.4, 0.5) is 5.69 Å². The van der Waals surface area contributed by atoms with Gasteiger partial charge in [0.2, 0.25) is 5.91 Å². The van der Waals surface area contributed by atoms with E-state index < -0.39 is 15.9 Å². The van der Waals surface area contributed by atoms with Gasteiger partial charge in [0.25, 0.3) is 10.0 Å². The monoisotopic (exact) mass is 468 g/mol. The van der Waals surface area contributed by atoms with Crippen molar-refractivity contribution in [3.8, 4) is 11.5 Å². The molecule has 0 atom stereocenters. The molecule has 3 aromatic rings. The molecule has 3 rings (SSSR count). The zero-order valence-corrected chi connectivity index (χ0v) is 20.0. The maximum atomic E-state index is 13.7. The van der Waals surface area contributed by atoms with Crippen molar-refractivity contribution in [2.24, 2.45) is 0 Å². The van der Waals surface area contributed by atoms with E-state index >= 15 is 0 Å². The second-order valence-corrected chi connectivity index (χ2v) is 9.40. The zero-order valence-electron chi connectivity index (χ0n) is 19.2. The molecule has 3 aromatic carbocycles. The summed E-state index contributed by atoms with van der Waals surface area (Å²) in [4.78, 5) is 13.0. The van der Waals surface area contributed by atoms with Crippen LogP contribution in [0.3, 0.4) is 0 Å². The SMILES string of the molecule is COc1ccc(N(CC(=O)NCc2ccccc2OC)S(=O)(=O)c2cc(C)ccc2C)cc1. The first-order valence-electron chi connectivity index (χ1n) is 10.4. The molecule has 0 saturated carbocycles. The molecule has 0 aliphatic heterocycles. The number of methoxy groups -OCH3 is 2. The topological polar surface area (TPSA) is 84.9 Å². The molecular weight excluding hydrogens is 440 g/mol. The van der Waals surface area contributed by atoms with Crippen LogP contribution in [0.5, 0.6) is 11.5 Å². The molecule has 0 radical (unpaired) electrons. The van der Waals surface area contributed by atoms with Crippen molar-refractivity contribution in [3.05, 3.63) is 83.4 Å². The predicted molar refractivity (Wildman–Crippen MR) is 128 cm³/mol. The largest absolute Gasteiger partial charge is 0.497 e. The van der Waals surface area contributed by atoms with Gasteiger partial charge in [-0.25, -0.2) is 8.42 Å². The lowest BCUT2D eigenvalue weighted by atomic mass is 10.2. The summed E-state index contributed by atoms with van der Waals surface area (Å²) in [5.74, 6) is 0.793. The molecule has 0 bridgehead atoms. The molecule has 1 amide bonds. The van der Waals surface area contributed by atoms with Crippen molar-refractivity contribution in [2.45, 2.75) is 25.3 Å². The van der Waals surface area contributed by atoms with Gasteiger partial charge < -0.3 is 14.8 Å². The first-order valence-corrected chi connectivity index (χ1v) is 11.8. The molecule has 8 heteroatoms. The van der Waals surface area contributed by atoms with Crippen molar-refractivity contribution in [1.82, 2.24) is 5.32 Å². The summed E-state index contributed by atoms with van der Waals surface area (Å²) in [7, 11) is -0.920. The van der Waals surface area contributed by atoms with E-state index in [0.29, 0.717) is 22.7 Å². The third-order valence-corrected chi connectivity index (χ3v) is 7.14. The molecule has 0 aliphatic rings. The number of nitrogens with zero attached hydrogens (tertiary/aromatic N) is 1. The fraction of sp³-hybridized carbons (Fsp3) is 0.240. The van der Waals surface area contributed by atoms with Gasteiger partial charge in [-0.05, 0) is 61.4 Å². The Morgan fingerprint density at radius 2 is 1.64 bits per heavy atom. The lowest BCUT2D eigenvalue weighted by Crippen LogP contribution is -2.41. The van der Waals surface area contributed by atoms with E-state index in [2.05, 4.69) is 5.32 Å². The number of hydrogen-bond acceptors (Lipinski definition) is 5. The van der Waals surface area contributed by atoms with E-state index in [1.54, 1.807) is 56.5 Å². The van der Waals surface area contributed by atoms with Gasteiger partial charge in [-0.3, -0.25) is 9.10 Å². The normalized spacial score (nSPS) is 11.0. The maximum Gasteiger partial charge on any atom is 0.265 e. The highest BCUT2D eigenvalue weighted by atomic mass is 32.2. The number of rotatable bonds is 9. The first kappa shape index (κ1) is 24.1. The Morgan fingerprint density at radius 3 is 2.30 bits per heavy atom. The summed E-state index contributed by atoms with van der Waals surface area (Å²) >= 11 is 0. The molecule has 0 aromatic heterocycles. The Bertz CT molecular complexity index is 1220. The van der Waals surface area contributed by atoms with Crippen LogP contribution < -0.4 is 19.1 Å². The van der Waals surface area contributed by atoms with Crippen LogP contribution >= 0.6 is 0 Å². The highest BCUT2D eigenvalue weighted by Crippen LogP contribution is 2.28. The number of carbonyl (C=O) groups is 1. The van der Waals surface area contributed by atoms with E-state index in [1.807, 2.05) is 31.2 Å². The number of carbonyl (C=O) groups excluding carboxylic acids is 1. The number of sulfonamides is 1. The molecule has 1 N–H and O–H groups in total. The van der Waals surface area contributed by atoms with Crippen LogP contribution in [0.1, 0.15) is 16.7 Å². The van der Waals surface area contributed by atoms with Gasteiger partial charge >= 0.3 is 0 Å². The number of benzene rings is 3. The van der Waals surface area contributed by atoms with Crippen LogP contribution in [0.2, 0.25) is 0 Å². The third-order valence-electron chi connectivity index (χ3n) is 5.23. The van der Waals surface area contributed by atoms with E-state index in [-0.39, 0.29) is 18.0 Å². The summed E-state index contributed by atoms with van der Waals surface area (Å²) in [6, 6.07) is 19.1. The van der Waals surface area contributed by atoms with Gasteiger partial charge in [0.05, 0.1) is 24.8 Å². The fourth-order valence-corrected chi connectivity index (χ4v) is 5.13. The van der Waals surface area contributed by atoms with Crippen LogP contribution in [-0.2, 0) is 21.4 Å². The Hall–Kier alpha value is -3.52. The molecule has 0 fully saturated rings. The summed E-state index contributed by atoms with van der Waals surface area (Å²) in [6.07, 6.45) is 0. The number of nitrogens with one attached hydrogen (secondary N) is 1. The molecule has 7 nitrogen and oxygen atoms in total. The van der Waals surface area contributed by atoms with Crippen molar-refractivity contribution in [1.29, 1.82) is 0 Å². The first-order chi connectivity index (χ1) is 15.8. The Balaban J connectivity index is 1.91. The number of ether oxygens (including phenoxy) is 2. The smallest absolute Gasteiger partial charge is 0.265 e. The fourth-order valence-electron chi connectivity index (χ4n) is 3.40. The lowest BCUT2D eigenvalue weighted by Gasteiger charge is -2.25. The molecule has 0 unspecified atom stereocenters. The Kier molecular flexibility index (Phi) is 7.60. The molecule has 0 saturated heterocycles. The van der Waals surface area contributed by atoms with Gasteiger partial charge in [-0.1, -0.05) is 30.3 Å². The number of aryl methyl sites for hydroxylation is 2. The van der Waals surface area contributed by atoms with E-state index in [9.17, 15) is 13.2 Å². The summed E-state index contributed by atoms with van der Waals surface area (Å²) in [5.41, 5.74) is 2.58. The molecule has 33 heavy (non-hydrogen) atoms. The summed E-state index contributed by atoms with van der Waals surface area (Å²) in [6.45, 7) is 3.40. The lowest BCUT2D eigenvalue weighted by molar-refractivity contribution is -0.119. The quantitative estimate of drug-likeness (QED) is 0.516. The second-order valence-electron chi connectivity index (χ2n) is 7.57. The van der Waals surface area contributed by atoms with Crippen molar-refractivity contribution < 1.29 is 22.7 Å². The standard InChI is InChI=1S/C25H28N2O5S/c1-18-9-10-19(2)24(15-18)33(29,30)27(21-11-13-22(31-3)14-12-21)17-25(28)26-16-20-7-5-6-8-23(20)32-4/h5-15H,16-17H2,1-4H3,(H,26,28). The Labute approximate surface area is 195 Å². The number of para-hydroxylation sites is 1. The van der Waals surface area contributed by atoms with Crippen LogP contribution in [0, 0.1) is 13.8 Å². The summed E-state index contributed by atoms with van der Waals surface area (Å²) in [5, 5.41) is 2.80. The highest BCUT2D eigenvalue weighted by molar-refractivity contribution is 7.93. The average Bonchev–Trinajstić information content (AvgIpc) is 2.82. The predicted octanol–water partition coefficient (Wildman–Crippen LogP) is 3.83. The van der Waals surface area contributed by atoms with Crippen molar-refractivity contribution >= 4 is 21.6 Å². The summed E-state index contributed by atoms with van der Waals surface area (Å²) < 4.78 is 38.9. The minimum Gasteiger partial charge on any atom is -0.497 e. The van der Waals surface area contributed by atoms with Crippen molar-refractivity contribution in [3.63, 3.8) is 0 Å². The van der Waals surface area contributed by atoms with Crippen molar-refractivity contribution in [2.75, 3.05) is 25.1 Å². The van der Waals surface area contributed by atoms with Crippen LogP contribution in [-0.4, -0.2) is 35.1 Å². The number of amides is 1. The number of anilines is 1. The molecule has 0 aliphatic carbocycles. The minimum atomic E-state index is -4.01. The molecule has 174 valence electrons. The Morgan fingerprint density at radius 1 is 0.939 bits per heavy atom. The second kappa shape index (κ2) is 10.4. The molecule has 0 spiro atoms. The third kappa shape index (κ3) is 5.64. The highest BCUT2D eigenvalue weighted by Gasteiger charge is 2.28. The van der Waals surface area contributed by atoms with Gasteiger partial charge in [0.1, 0.15) is 18.0 Å². The van der Waals surface area contributed by atoms with Crippen LogP contribution in [0.25, 0.3) is 0 Å². The number of hydrogen-bond donors (Lipinski definition) is 1. The van der Waals surface area contributed by atoms with Gasteiger partial charge in [-0.2, -0.15) is 0 Å².